The zero-order chi connectivity index (χ0) is 7.98. The number of ether oxygens (including phenoxy) is 1. The van der Waals surface area contributed by atoms with E-state index in [1.165, 1.54) is 0 Å². The van der Waals surface area contributed by atoms with Gasteiger partial charge in [-0.2, -0.15) is 0 Å². The molecular weight excluding hydrogens is 132 g/mol. The fourth-order valence-electron chi connectivity index (χ4n) is 0.417. The fraction of sp³-hybridized carbons (Fsp3) is 0.833. The van der Waals surface area contributed by atoms with E-state index in [2.05, 4.69) is 5.32 Å². The van der Waals surface area contributed by atoms with Crippen molar-refractivity contribution in [2.45, 2.75) is 13.8 Å². The van der Waals surface area contributed by atoms with Gasteiger partial charge in [0.25, 0.3) is 0 Å². The molecule has 0 aliphatic heterocycles. The molecule has 0 aliphatic rings. The highest BCUT2D eigenvalue weighted by molar-refractivity contribution is 5.71. The summed E-state index contributed by atoms with van der Waals surface area (Å²) in [4.78, 5) is 10.1. The number of rotatable bonds is 4. The Bertz CT molecular complexity index is 104. The van der Waals surface area contributed by atoms with Crippen molar-refractivity contribution in [3.63, 3.8) is 0 Å². The van der Waals surface area contributed by atoms with E-state index in [9.17, 15) is 4.79 Å². The standard InChI is InChI=1S/C6H14N2O2/c1-5(2)3-10-4-8-6(7)9/h5H,3-4H2,1-2H3,(H3,7,8,9). The summed E-state index contributed by atoms with van der Waals surface area (Å²) in [5, 5.41) is 2.32. The number of nitrogens with two attached hydrogens (primary N) is 1. The largest absolute Gasteiger partial charge is 0.361 e. The van der Waals surface area contributed by atoms with Crippen molar-refractivity contribution < 1.29 is 9.53 Å². The van der Waals surface area contributed by atoms with E-state index in [0.29, 0.717) is 12.5 Å². The fourth-order valence-corrected chi connectivity index (χ4v) is 0.417. The van der Waals surface area contributed by atoms with Crippen LogP contribution in [0.25, 0.3) is 0 Å². The molecule has 0 aromatic carbocycles. The average Bonchev–Trinajstić information content (AvgIpc) is 1.79. The Hall–Kier alpha value is -0.770. The molecule has 0 unspecified atom stereocenters. The van der Waals surface area contributed by atoms with Gasteiger partial charge in [0.15, 0.2) is 0 Å². The molecule has 0 bridgehead atoms. The summed E-state index contributed by atoms with van der Waals surface area (Å²) in [5.74, 6) is 0.481. The Morgan fingerprint density at radius 3 is 2.70 bits per heavy atom. The van der Waals surface area contributed by atoms with Gasteiger partial charge in [-0.3, -0.25) is 0 Å². The van der Waals surface area contributed by atoms with Crippen molar-refractivity contribution in [1.82, 2.24) is 5.32 Å². The van der Waals surface area contributed by atoms with Crippen LogP contribution in [0.3, 0.4) is 0 Å². The topological polar surface area (TPSA) is 64.3 Å². The van der Waals surface area contributed by atoms with Gasteiger partial charge in [-0.15, -0.1) is 0 Å². The number of hydrogen-bond donors (Lipinski definition) is 2. The van der Waals surface area contributed by atoms with E-state index in [1.54, 1.807) is 0 Å². The van der Waals surface area contributed by atoms with Crippen LogP contribution < -0.4 is 11.1 Å². The van der Waals surface area contributed by atoms with Crippen LogP contribution in [0.2, 0.25) is 0 Å². The molecule has 60 valence electrons. The van der Waals surface area contributed by atoms with Gasteiger partial charge in [0.1, 0.15) is 6.73 Å². The maximum Gasteiger partial charge on any atom is 0.313 e. The smallest absolute Gasteiger partial charge is 0.313 e. The molecule has 4 nitrogen and oxygen atoms in total. The first kappa shape index (κ1) is 9.23. The van der Waals surface area contributed by atoms with Crippen molar-refractivity contribution in [3.8, 4) is 0 Å². The van der Waals surface area contributed by atoms with Gasteiger partial charge in [-0.25, -0.2) is 4.79 Å². The second-order valence-electron chi connectivity index (χ2n) is 2.45. The van der Waals surface area contributed by atoms with Crippen LogP contribution in [0.5, 0.6) is 0 Å². The van der Waals surface area contributed by atoms with Gasteiger partial charge >= 0.3 is 6.03 Å². The molecule has 2 amide bonds. The predicted octanol–water partition coefficient (Wildman–Crippen LogP) is 0.285. The van der Waals surface area contributed by atoms with E-state index >= 15 is 0 Å². The number of carbonyl (C=O) groups excluding carboxylic acids is 1. The van der Waals surface area contributed by atoms with Crippen molar-refractivity contribution in [2.75, 3.05) is 13.3 Å². The third-order valence-corrected chi connectivity index (χ3v) is 0.800. The highest BCUT2D eigenvalue weighted by Gasteiger charge is 1.93. The van der Waals surface area contributed by atoms with Crippen molar-refractivity contribution in [2.24, 2.45) is 11.7 Å². The average molecular weight is 146 g/mol. The third-order valence-electron chi connectivity index (χ3n) is 0.800. The summed E-state index contributed by atoms with van der Waals surface area (Å²) < 4.78 is 4.99. The van der Waals surface area contributed by atoms with Crippen LogP contribution in [-0.4, -0.2) is 19.4 Å². The van der Waals surface area contributed by atoms with Crippen LogP contribution in [0.1, 0.15) is 13.8 Å². The number of hydrogen-bond acceptors (Lipinski definition) is 2. The zero-order valence-electron chi connectivity index (χ0n) is 6.39. The van der Waals surface area contributed by atoms with Gasteiger partial charge in [-0.05, 0) is 5.92 Å². The Balaban J connectivity index is 2.98. The number of carbonyl (C=O) groups is 1. The Labute approximate surface area is 60.7 Å². The van der Waals surface area contributed by atoms with Crippen molar-refractivity contribution in [1.29, 1.82) is 0 Å². The molecule has 0 atom stereocenters. The lowest BCUT2D eigenvalue weighted by molar-refractivity contribution is 0.0995. The number of urea groups is 1. The number of amides is 2. The van der Waals surface area contributed by atoms with Crippen LogP contribution in [0, 0.1) is 5.92 Å². The Morgan fingerprint density at radius 1 is 1.70 bits per heavy atom. The highest BCUT2D eigenvalue weighted by atomic mass is 16.5. The Kier molecular flexibility index (Phi) is 4.66. The van der Waals surface area contributed by atoms with Crippen LogP contribution in [-0.2, 0) is 4.74 Å². The minimum absolute atomic E-state index is 0.202. The van der Waals surface area contributed by atoms with E-state index < -0.39 is 6.03 Å². The summed E-state index contributed by atoms with van der Waals surface area (Å²) >= 11 is 0. The molecular formula is C6H14N2O2. The molecule has 0 fully saturated rings. The minimum Gasteiger partial charge on any atom is -0.361 e. The molecule has 10 heavy (non-hydrogen) atoms. The molecule has 0 saturated carbocycles. The first-order chi connectivity index (χ1) is 4.63. The number of nitrogens with one attached hydrogen (secondary N) is 1. The lowest BCUT2D eigenvalue weighted by Gasteiger charge is -2.05. The molecule has 0 aromatic heterocycles. The monoisotopic (exact) mass is 146 g/mol. The predicted molar refractivity (Wildman–Crippen MR) is 38.4 cm³/mol. The molecule has 0 aliphatic carbocycles. The van der Waals surface area contributed by atoms with E-state index in [-0.39, 0.29) is 6.73 Å². The summed E-state index contributed by atoms with van der Waals surface area (Å²) in [7, 11) is 0. The zero-order valence-corrected chi connectivity index (χ0v) is 6.39. The van der Waals surface area contributed by atoms with E-state index in [0.717, 1.165) is 0 Å². The van der Waals surface area contributed by atoms with Crippen molar-refractivity contribution in [3.05, 3.63) is 0 Å². The quantitative estimate of drug-likeness (QED) is 0.442. The SMILES string of the molecule is CC(C)COCNC(N)=O. The van der Waals surface area contributed by atoms with Gasteiger partial charge in [-0.1, -0.05) is 13.8 Å². The lowest BCUT2D eigenvalue weighted by Crippen LogP contribution is -2.31. The van der Waals surface area contributed by atoms with Gasteiger partial charge in [0.2, 0.25) is 0 Å². The summed E-state index contributed by atoms with van der Waals surface area (Å²) in [6.07, 6.45) is 0. The molecule has 3 N–H and O–H groups in total. The molecule has 0 rings (SSSR count). The molecule has 0 aromatic rings. The lowest BCUT2D eigenvalue weighted by atomic mass is 10.2. The number of primary amides is 1. The maximum absolute atomic E-state index is 10.1. The highest BCUT2D eigenvalue weighted by Crippen LogP contribution is 1.89. The second kappa shape index (κ2) is 5.05. The van der Waals surface area contributed by atoms with Gasteiger partial charge in [0, 0.05) is 0 Å². The molecule has 4 heteroatoms. The van der Waals surface area contributed by atoms with Crippen molar-refractivity contribution >= 4 is 6.03 Å². The summed E-state index contributed by atoms with van der Waals surface area (Å²) in [6, 6.07) is -0.552. The normalized spacial score (nSPS) is 9.90. The second-order valence-corrected chi connectivity index (χ2v) is 2.45. The van der Waals surface area contributed by atoms with Gasteiger partial charge in [0.05, 0.1) is 6.61 Å². The summed E-state index contributed by atoms with van der Waals surface area (Å²) in [5.41, 5.74) is 4.78. The Morgan fingerprint density at radius 2 is 2.30 bits per heavy atom. The van der Waals surface area contributed by atoms with Crippen LogP contribution in [0.4, 0.5) is 4.79 Å². The first-order valence-corrected chi connectivity index (χ1v) is 3.24. The van der Waals surface area contributed by atoms with Gasteiger partial charge < -0.3 is 15.8 Å². The van der Waals surface area contributed by atoms with Crippen LogP contribution >= 0.6 is 0 Å². The third kappa shape index (κ3) is 7.23. The van der Waals surface area contributed by atoms with Crippen LogP contribution in [0.15, 0.2) is 0 Å². The molecule has 0 saturated heterocycles. The van der Waals surface area contributed by atoms with E-state index in [4.69, 9.17) is 10.5 Å². The minimum atomic E-state index is -0.552. The molecule has 0 heterocycles. The first-order valence-electron chi connectivity index (χ1n) is 3.24. The molecule has 0 spiro atoms. The summed E-state index contributed by atoms with van der Waals surface area (Å²) in [6.45, 7) is 4.91. The van der Waals surface area contributed by atoms with E-state index in [1.807, 2.05) is 13.8 Å². The molecule has 0 radical (unpaired) electrons. The maximum atomic E-state index is 10.1.